The van der Waals surface area contributed by atoms with Gasteiger partial charge in [0.25, 0.3) is 0 Å². The first-order chi connectivity index (χ1) is 30.3. The average molecular weight is 807 g/mol. The minimum absolute atomic E-state index is 0.0360. The molecule has 0 unspecified atom stereocenters. The Kier molecular flexibility index (Phi) is 8.14. The van der Waals surface area contributed by atoms with Crippen molar-refractivity contribution in [1.82, 2.24) is 0 Å². The predicted octanol–water partition coefficient (Wildman–Crippen LogP) is 15.4. The van der Waals surface area contributed by atoms with E-state index in [1.165, 1.54) is 121 Å². The molecule has 1 aliphatic carbocycles. The SMILES string of the molecule is CC1(C)c2ccccc2-c2ccc(-c3ccc4c(c3)[Si](C)(C)c3cc5c(-c6ccc(-c7ccccc7)cc6)c6ccccc6c(-c6ccc(-c7ccccc7)cc6)c5cc3-4)cc21. The summed E-state index contributed by atoms with van der Waals surface area (Å²) in [5.74, 6) is 0. The molecule has 0 saturated carbocycles. The number of hydrogen-bond acceptors (Lipinski definition) is 0. The maximum absolute atomic E-state index is 2.61. The molecule has 0 amide bonds. The normalized spacial score (nSPS) is 14.1. The van der Waals surface area contributed by atoms with Crippen LogP contribution in [-0.4, -0.2) is 8.07 Å². The van der Waals surface area contributed by atoms with E-state index in [4.69, 9.17) is 0 Å². The summed E-state index contributed by atoms with van der Waals surface area (Å²) in [6.07, 6.45) is 0. The Morgan fingerprint density at radius 2 is 0.710 bits per heavy atom. The highest BCUT2D eigenvalue weighted by Crippen LogP contribution is 2.50. The second-order valence-electron chi connectivity index (χ2n) is 18.4. The van der Waals surface area contributed by atoms with E-state index >= 15 is 0 Å². The van der Waals surface area contributed by atoms with Crippen LogP contribution in [0.3, 0.4) is 0 Å². The lowest BCUT2D eigenvalue weighted by molar-refractivity contribution is 0.660. The minimum atomic E-state index is -2.15. The summed E-state index contributed by atoms with van der Waals surface area (Å²) in [6.45, 7) is 9.88. The van der Waals surface area contributed by atoms with Crippen LogP contribution in [0.1, 0.15) is 25.0 Å². The summed E-state index contributed by atoms with van der Waals surface area (Å²) < 4.78 is 0. The van der Waals surface area contributed by atoms with Gasteiger partial charge in [0.15, 0.2) is 0 Å². The summed E-state index contributed by atoms with van der Waals surface area (Å²) in [5, 5.41) is 8.24. The first kappa shape index (κ1) is 36.8. The van der Waals surface area contributed by atoms with Crippen molar-refractivity contribution in [2.24, 2.45) is 0 Å². The van der Waals surface area contributed by atoms with E-state index in [0.29, 0.717) is 0 Å². The Hall–Kier alpha value is -7.06. The molecule has 0 bridgehead atoms. The van der Waals surface area contributed by atoms with E-state index in [2.05, 4.69) is 233 Å². The van der Waals surface area contributed by atoms with Crippen LogP contribution in [0.4, 0.5) is 0 Å². The van der Waals surface area contributed by atoms with Gasteiger partial charge in [-0.15, -0.1) is 0 Å². The lowest BCUT2D eigenvalue weighted by Gasteiger charge is -2.23. The second kappa shape index (κ2) is 13.7. The van der Waals surface area contributed by atoms with Gasteiger partial charge in [0.1, 0.15) is 8.07 Å². The van der Waals surface area contributed by atoms with Crippen molar-refractivity contribution in [3.05, 3.63) is 217 Å². The van der Waals surface area contributed by atoms with Crippen LogP contribution in [0.5, 0.6) is 0 Å². The molecule has 10 aromatic rings. The van der Waals surface area contributed by atoms with E-state index in [-0.39, 0.29) is 5.41 Å². The maximum atomic E-state index is 2.61. The molecule has 0 aromatic heterocycles. The maximum Gasteiger partial charge on any atom is 0.113 e. The molecule has 2 aliphatic rings. The molecule has 294 valence electrons. The number of rotatable bonds is 5. The number of fused-ring (bicyclic) bond motifs is 8. The Bertz CT molecular complexity index is 3410. The van der Waals surface area contributed by atoms with Crippen molar-refractivity contribution in [2.75, 3.05) is 0 Å². The van der Waals surface area contributed by atoms with E-state index in [9.17, 15) is 0 Å². The molecule has 1 aliphatic heterocycles. The van der Waals surface area contributed by atoms with Gasteiger partial charge in [-0.3, -0.25) is 0 Å². The van der Waals surface area contributed by atoms with Gasteiger partial charge in [-0.2, -0.15) is 0 Å². The lowest BCUT2D eigenvalue weighted by Crippen LogP contribution is -2.49. The molecule has 0 saturated heterocycles. The van der Waals surface area contributed by atoms with Gasteiger partial charge in [0.05, 0.1) is 0 Å². The molecule has 1 heterocycles. The van der Waals surface area contributed by atoms with Crippen LogP contribution in [-0.2, 0) is 5.41 Å². The number of hydrogen-bond donors (Lipinski definition) is 0. The minimum Gasteiger partial charge on any atom is -0.0622 e. The molecule has 62 heavy (non-hydrogen) atoms. The van der Waals surface area contributed by atoms with Crippen molar-refractivity contribution < 1.29 is 0 Å². The van der Waals surface area contributed by atoms with Gasteiger partial charge in [-0.25, -0.2) is 0 Å². The summed E-state index contributed by atoms with van der Waals surface area (Å²) >= 11 is 0. The highest BCUT2D eigenvalue weighted by Gasteiger charge is 2.39. The first-order valence-corrected chi connectivity index (χ1v) is 25.0. The van der Waals surface area contributed by atoms with Crippen molar-refractivity contribution in [1.29, 1.82) is 0 Å². The van der Waals surface area contributed by atoms with Gasteiger partial charge in [0.2, 0.25) is 0 Å². The highest BCUT2D eigenvalue weighted by molar-refractivity contribution is 7.04. The van der Waals surface area contributed by atoms with Gasteiger partial charge in [0, 0.05) is 5.41 Å². The third kappa shape index (κ3) is 5.51. The largest absolute Gasteiger partial charge is 0.113 e. The molecule has 0 spiro atoms. The van der Waals surface area contributed by atoms with E-state index < -0.39 is 8.07 Å². The fourth-order valence-corrected chi connectivity index (χ4v) is 14.1. The zero-order valence-corrected chi connectivity index (χ0v) is 36.6. The van der Waals surface area contributed by atoms with Gasteiger partial charge in [-0.1, -0.05) is 221 Å². The molecule has 0 atom stereocenters. The fraction of sp³-hybridized carbons (Fsp3) is 0.0820. The highest BCUT2D eigenvalue weighted by atomic mass is 28.3. The molecule has 0 N–H and O–H groups in total. The molecular formula is C61H46Si. The molecular weight excluding hydrogens is 761 g/mol. The Morgan fingerprint density at radius 3 is 1.31 bits per heavy atom. The molecule has 0 nitrogen and oxygen atoms in total. The van der Waals surface area contributed by atoms with Crippen LogP contribution in [0, 0.1) is 0 Å². The van der Waals surface area contributed by atoms with Crippen molar-refractivity contribution in [3.8, 4) is 77.9 Å². The summed E-state index contributed by atoms with van der Waals surface area (Å²) in [5.41, 5.74) is 21.0. The standard InChI is InChI=1S/C61H46Si/c1-61(2)55-22-14-13-19-47(55)48-33-31-45(35-56(48)61)46-32-34-49-52-37-53-54(38-58(52)62(3,4)57(49)36-46)60(44-29-25-42(26-30-44)40-17-9-6-10-18-40)51-21-12-11-20-50(51)59(53)43-27-23-41(24-28-43)39-15-7-5-8-16-39/h5-38H,1-4H3. The number of benzene rings is 10. The van der Waals surface area contributed by atoms with Crippen LogP contribution >= 0.6 is 0 Å². The first-order valence-electron chi connectivity index (χ1n) is 22.0. The predicted molar refractivity (Wildman–Crippen MR) is 268 cm³/mol. The summed E-state index contributed by atoms with van der Waals surface area (Å²) in [4.78, 5) is 0. The second-order valence-corrected chi connectivity index (χ2v) is 22.8. The van der Waals surface area contributed by atoms with Gasteiger partial charge >= 0.3 is 0 Å². The van der Waals surface area contributed by atoms with Crippen LogP contribution in [0.25, 0.3) is 99.4 Å². The van der Waals surface area contributed by atoms with Gasteiger partial charge in [-0.05, 0) is 133 Å². The van der Waals surface area contributed by atoms with E-state index in [1.807, 2.05) is 0 Å². The summed E-state index contributed by atoms with van der Waals surface area (Å²) in [7, 11) is -2.15. The zero-order valence-electron chi connectivity index (χ0n) is 35.6. The molecule has 0 fully saturated rings. The quantitative estimate of drug-likeness (QED) is 0.120. The van der Waals surface area contributed by atoms with E-state index in [0.717, 1.165) is 0 Å². The smallest absolute Gasteiger partial charge is 0.0622 e. The van der Waals surface area contributed by atoms with Crippen LogP contribution in [0.2, 0.25) is 13.1 Å². The van der Waals surface area contributed by atoms with Crippen LogP contribution < -0.4 is 10.4 Å². The average Bonchev–Trinajstić information content (AvgIpc) is 3.69. The Morgan fingerprint density at radius 1 is 0.290 bits per heavy atom. The van der Waals surface area contributed by atoms with Crippen molar-refractivity contribution in [2.45, 2.75) is 32.4 Å². The molecule has 10 aromatic carbocycles. The summed E-state index contributed by atoms with van der Waals surface area (Å²) in [6, 6.07) is 77.7. The van der Waals surface area contributed by atoms with Crippen molar-refractivity contribution in [3.63, 3.8) is 0 Å². The third-order valence-electron chi connectivity index (χ3n) is 14.3. The third-order valence-corrected chi connectivity index (χ3v) is 17.8. The van der Waals surface area contributed by atoms with E-state index in [1.54, 1.807) is 0 Å². The van der Waals surface area contributed by atoms with Gasteiger partial charge < -0.3 is 0 Å². The van der Waals surface area contributed by atoms with Crippen molar-refractivity contribution >= 4 is 40.0 Å². The molecule has 0 radical (unpaired) electrons. The molecule has 1 heteroatoms. The topological polar surface area (TPSA) is 0 Å². The zero-order chi connectivity index (χ0) is 41.7. The lowest BCUT2D eigenvalue weighted by atomic mass is 9.81. The Balaban J connectivity index is 1.06. The van der Waals surface area contributed by atoms with Crippen LogP contribution in [0.15, 0.2) is 206 Å². The fourth-order valence-electron chi connectivity index (χ4n) is 11.0. The Labute approximate surface area is 365 Å². The molecule has 12 rings (SSSR count). The monoisotopic (exact) mass is 806 g/mol.